The minimum absolute atomic E-state index is 0.0822. The molecule has 2 aliphatic rings. The summed E-state index contributed by atoms with van der Waals surface area (Å²) in [7, 11) is 1.97. The van der Waals surface area contributed by atoms with E-state index in [1.165, 1.54) is 4.88 Å². The summed E-state index contributed by atoms with van der Waals surface area (Å²) in [6.45, 7) is 2.00. The molecule has 138 valence electrons. The van der Waals surface area contributed by atoms with Crippen molar-refractivity contribution in [1.29, 1.82) is 0 Å². The fourth-order valence-electron chi connectivity index (χ4n) is 3.98. The monoisotopic (exact) mass is 370 g/mol. The number of nitrogens with zero attached hydrogens (tertiary/aromatic N) is 2. The van der Waals surface area contributed by atoms with Gasteiger partial charge in [-0.3, -0.25) is 4.79 Å². The molecule has 1 amide bonds. The lowest BCUT2D eigenvalue weighted by atomic mass is 9.89. The van der Waals surface area contributed by atoms with E-state index in [0.29, 0.717) is 6.04 Å². The van der Waals surface area contributed by atoms with Gasteiger partial charge in [-0.05, 0) is 57.3 Å². The van der Waals surface area contributed by atoms with Crippen molar-refractivity contribution in [1.82, 2.24) is 15.2 Å². The summed E-state index contributed by atoms with van der Waals surface area (Å²) in [4.78, 5) is 21.3. The van der Waals surface area contributed by atoms with E-state index >= 15 is 0 Å². The van der Waals surface area contributed by atoms with Gasteiger partial charge >= 0.3 is 0 Å². The molecule has 2 N–H and O–H groups in total. The quantitative estimate of drug-likeness (QED) is 0.865. The van der Waals surface area contributed by atoms with Crippen LogP contribution in [0.4, 0.5) is 10.8 Å². The fourth-order valence-corrected chi connectivity index (χ4v) is 5.06. The second-order valence-corrected chi connectivity index (χ2v) is 8.28. The second-order valence-electron chi connectivity index (χ2n) is 7.19. The number of carbonyl (C=O) groups is 1. The zero-order valence-electron chi connectivity index (χ0n) is 15.2. The summed E-state index contributed by atoms with van der Waals surface area (Å²) in [5.74, 6) is 0.163. The van der Waals surface area contributed by atoms with Gasteiger partial charge in [-0.2, -0.15) is 0 Å². The average molecular weight is 371 g/mol. The van der Waals surface area contributed by atoms with E-state index in [4.69, 9.17) is 4.98 Å². The van der Waals surface area contributed by atoms with Gasteiger partial charge in [-0.25, -0.2) is 4.98 Å². The number of carbonyl (C=O) groups excluding carboxylic acids is 1. The predicted octanol–water partition coefficient (Wildman–Crippen LogP) is 3.52. The summed E-state index contributed by atoms with van der Waals surface area (Å²) in [5.41, 5.74) is 2.04. The van der Waals surface area contributed by atoms with E-state index in [0.717, 1.165) is 61.7 Å². The minimum Gasteiger partial charge on any atom is -0.342 e. The number of piperidine rings is 1. The highest BCUT2D eigenvalue weighted by Gasteiger charge is 2.34. The van der Waals surface area contributed by atoms with Gasteiger partial charge in [0.2, 0.25) is 5.91 Å². The summed E-state index contributed by atoms with van der Waals surface area (Å²) in [6.07, 6.45) is 5.09. The molecule has 2 heterocycles. The van der Waals surface area contributed by atoms with Gasteiger partial charge in [-0.15, -0.1) is 11.3 Å². The third-order valence-corrected chi connectivity index (χ3v) is 6.53. The molecule has 5 nitrogen and oxygen atoms in total. The minimum atomic E-state index is -0.0822. The Kier molecular flexibility index (Phi) is 5.22. The number of amides is 1. The molecule has 1 atom stereocenters. The zero-order valence-corrected chi connectivity index (χ0v) is 16.0. The SMILES string of the molecule is CN(C(=O)C1CCCc2sc(Nc3ccccc3)nc21)C1CCNCC1. The first-order valence-electron chi connectivity index (χ1n) is 9.51. The lowest BCUT2D eigenvalue weighted by Gasteiger charge is -2.34. The number of fused-ring (bicyclic) bond motifs is 1. The maximum atomic E-state index is 13.2. The Hall–Kier alpha value is -1.92. The normalized spacial score (nSPS) is 20.4. The largest absolute Gasteiger partial charge is 0.342 e. The van der Waals surface area contributed by atoms with Gasteiger partial charge in [-0.1, -0.05) is 18.2 Å². The highest BCUT2D eigenvalue weighted by atomic mass is 32.1. The Morgan fingerprint density at radius 1 is 1.23 bits per heavy atom. The van der Waals surface area contributed by atoms with Crippen LogP contribution in [0.25, 0.3) is 0 Å². The number of aromatic nitrogens is 1. The first-order chi connectivity index (χ1) is 12.7. The molecule has 1 unspecified atom stereocenters. The van der Waals surface area contributed by atoms with Crippen molar-refractivity contribution in [2.75, 3.05) is 25.5 Å². The highest BCUT2D eigenvalue weighted by Crippen LogP contribution is 2.38. The van der Waals surface area contributed by atoms with Gasteiger partial charge in [0.05, 0.1) is 11.6 Å². The molecule has 1 fully saturated rings. The maximum Gasteiger partial charge on any atom is 0.231 e. The van der Waals surface area contributed by atoms with Crippen molar-refractivity contribution in [2.45, 2.75) is 44.1 Å². The summed E-state index contributed by atoms with van der Waals surface area (Å²) in [5, 5.41) is 7.65. The van der Waals surface area contributed by atoms with Crippen molar-refractivity contribution >= 4 is 28.1 Å². The standard InChI is InChI=1S/C20H26N4OS/c1-24(15-10-12-21-13-11-15)19(25)16-8-5-9-17-18(16)23-20(26-17)22-14-6-3-2-4-7-14/h2-4,6-7,15-16,21H,5,8-13H2,1H3,(H,22,23). The fraction of sp³-hybridized carbons (Fsp3) is 0.500. The molecule has 0 spiro atoms. The Morgan fingerprint density at radius 3 is 2.77 bits per heavy atom. The number of hydrogen-bond acceptors (Lipinski definition) is 5. The van der Waals surface area contributed by atoms with Gasteiger partial charge in [0.1, 0.15) is 0 Å². The molecule has 1 saturated heterocycles. The van der Waals surface area contributed by atoms with Crippen LogP contribution in [0.5, 0.6) is 0 Å². The van der Waals surface area contributed by atoms with E-state index in [1.807, 2.05) is 42.3 Å². The smallest absolute Gasteiger partial charge is 0.231 e. The first-order valence-corrected chi connectivity index (χ1v) is 10.3. The molecule has 6 heteroatoms. The highest BCUT2D eigenvalue weighted by molar-refractivity contribution is 7.15. The van der Waals surface area contributed by atoms with Crippen LogP contribution in [0.3, 0.4) is 0 Å². The molecule has 1 aliphatic carbocycles. The van der Waals surface area contributed by atoms with E-state index < -0.39 is 0 Å². The Morgan fingerprint density at radius 2 is 2.00 bits per heavy atom. The van der Waals surface area contributed by atoms with Crippen LogP contribution in [0.15, 0.2) is 30.3 Å². The Bertz CT molecular complexity index is 754. The van der Waals surface area contributed by atoms with E-state index in [1.54, 1.807) is 11.3 Å². The number of anilines is 2. The molecule has 26 heavy (non-hydrogen) atoms. The van der Waals surface area contributed by atoms with Gasteiger partial charge in [0.15, 0.2) is 5.13 Å². The van der Waals surface area contributed by atoms with Gasteiger partial charge < -0.3 is 15.5 Å². The molecular formula is C20H26N4OS. The molecule has 2 aromatic rings. The number of likely N-dealkylation sites (N-methyl/N-ethyl adjacent to an activating group) is 1. The number of para-hydroxylation sites is 1. The molecule has 4 rings (SSSR count). The Balaban J connectivity index is 1.52. The molecular weight excluding hydrogens is 344 g/mol. The van der Waals surface area contributed by atoms with Crippen LogP contribution in [-0.2, 0) is 11.2 Å². The third-order valence-electron chi connectivity index (χ3n) is 5.48. The number of thiazole rings is 1. The second kappa shape index (κ2) is 7.76. The number of benzene rings is 1. The summed E-state index contributed by atoms with van der Waals surface area (Å²) >= 11 is 1.70. The third kappa shape index (κ3) is 3.62. The number of hydrogen-bond donors (Lipinski definition) is 2. The van der Waals surface area contributed by atoms with Crippen LogP contribution in [0.1, 0.15) is 42.2 Å². The van der Waals surface area contributed by atoms with Crippen LogP contribution >= 0.6 is 11.3 Å². The topological polar surface area (TPSA) is 57.3 Å². The average Bonchev–Trinajstić information content (AvgIpc) is 3.10. The first kappa shape index (κ1) is 17.5. The van der Waals surface area contributed by atoms with E-state index in [2.05, 4.69) is 10.6 Å². The van der Waals surface area contributed by atoms with E-state index in [9.17, 15) is 4.79 Å². The predicted molar refractivity (Wildman–Crippen MR) is 106 cm³/mol. The molecule has 1 aromatic carbocycles. The van der Waals surface area contributed by atoms with Crippen molar-refractivity contribution in [3.63, 3.8) is 0 Å². The van der Waals surface area contributed by atoms with Crippen molar-refractivity contribution < 1.29 is 4.79 Å². The number of nitrogens with one attached hydrogen (secondary N) is 2. The summed E-state index contributed by atoms with van der Waals surface area (Å²) < 4.78 is 0. The number of rotatable bonds is 4. The van der Waals surface area contributed by atoms with E-state index in [-0.39, 0.29) is 11.8 Å². The molecule has 1 aliphatic heterocycles. The zero-order chi connectivity index (χ0) is 17.9. The van der Waals surface area contributed by atoms with Crippen LogP contribution in [-0.4, -0.2) is 42.0 Å². The number of aryl methyl sites for hydroxylation is 1. The maximum absolute atomic E-state index is 13.2. The van der Waals surface area contributed by atoms with Gasteiger partial charge in [0, 0.05) is 23.7 Å². The molecule has 1 aromatic heterocycles. The van der Waals surface area contributed by atoms with Gasteiger partial charge in [0.25, 0.3) is 0 Å². The molecule has 0 radical (unpaired) electrons. The van der Waals surface area contributed by atoms with Crippen LogP contribution in [0, 0.1) is 0 Å². The molecule has 0 bridgehead atoms. The Labute approximate surface area is 158 Å². The van der Waals surface area contributed by atoms with Crippen LogP contribution in [0.2, 0.25) is 0 Å². The lowest BCUT2D eigenvalue weighted by molar-refractivity contribution is -0.134. The summed E-state index contributed by atoms with van der Waals surface area (Å²) in [6, 6.07) is 10.5. The van der Waals surface area contributed by atoms with Crippen molar-refractivity contribution in [3.05, 3.63) is 40.9 Å². The van der Waals surface area contributed by atoms with Crippen LogP contribution < -0.4 is 10.6 Å². The molecule has 0 saturated carbocycles. The van der Waals surface area contributed by atoms with Crippen molar-refractivity contribution in [2.24, 2.45) is 0 Å². The van der Waals surface area contributed by atoms with Crippen molar-refractivity contribution in [3.8, 4) is 0 Å². The lowest BCUT2D eigenvalue weighted by Crippen LogP contribution is -2.46.